The lowest BCUT2D eigenvalue weighted by Crippen LogP contribution is -2.29. The van der Waals surface area contributed by atoms with Gasteiger partial charge in [-0.05, 0) is 99.1 Å². The highest BCUT2D eigenvalue weighted by Gasteiger charge is 2.43. The Morgan fingerprint density at radius 1 is 0.912 bits per heavy atom. The summed E-state index contributed by atoms with van der Waals surface area (Å²) in [6.45, 7) is 8.54. The number of aryl methyl sites for hydroxylation is 3. The summed E-state index contributed by atoms with van der Waals surface area (Å²) in [6.07, 6.45) is 1.80. The maximum atomic E-state index is 10.7. The van der Waals surface area contributed by atoms with E-state index < -0.39 is 0 Å². The number of phenolic OH excluding ortho intramolecular Hbond substituents is 1. The quantitative estimate of drug-likeness (QED) is 0.361. The monoisotopic (exact) mass is 468 g/mol. The van der Waals surface area contributed by atoms with E-state index in [-0.39, 0.29) is 17.8 Å². The molecule has 3 heterocycles. The van der Waals surface area contributed by atoms with Gasteiger partial charge in [-0.15, -0.1) is 0 Å². The molecule has 0 unspecified atom stereocenters. The largest absolute Gasteiger partial charge is 0.506 e. The van der Waals surface area contributed by atoms with Crippen molar-refractivity contribution in [2.24, 2.45) is 0 Å². The SMILES string of the molecule is Cc1cc(C)cc(-n2c(C)cc([C@@H]3[C@@H](c4ccccn4)NC(=S)N3c3ccccc3O)c2C)c1. The van der Waals surface area contributed by atoms with Crippen molar-refractivity contribution in [2.75, 3.05) is 4.90 Å². The number of hydrogen-bond donors (Lipinski definition) is 2. The number of pyridine rings is 1. The zero-order valence-electron chi connectivity index (χ0n) is 19.8. The second-order valence-corrected chi connectivity index (χ2v) is 9.38. The first kappa shape index (κ1) is 22.2. The van der Waals surface area contributed by atoms with Crippen molar-refractivity contribution >= 4 is 23.0 Å². The molecule has 2 N–H and O–H groups in total. The Morgan fingerprint density at radius 2 is 1.62 bits per heavy atom. The second-order valence-electron chi connectivity index (χ2n) is 8.99. The molecule has 0 bridgehead atoms. The fourth-order valence-corrected chi connectivity index (χ4v) is 5.50. The van der Waals surface area contributed by atoms with Gasteiger partial charge < -0.3 is 19.9 Å². The van der Waals surface area contributed by atoms with E-state index in [1.165, 1.54) is 11.1 Å². The number of para-hydroxylation sites is 2. The van der Waals surface area contributed by atoms with Gasteiger partial charge in [0.25, 0.3) is 0 Å². The van der Waals surface area contributed by atoms with Gasteiger partial charge in [0, 0.05) is 23.3 Å². The zero-order chi connectivity index (χ0) is 24.0. The molecule has 0 aliphatic carbocycles. The fourth-order valence-electron chi connectivity index (χ4n) is 5.16. The summed E-state index contributed by atoms with van der Waals surface area (Å²) in [5.74, 6) is 0.196. The molecule has 6 heteroatoms. The standard InChI is InChI=1S/C28H28N4OS/c1-17-13-18(2)15-21(14-17)31-19(3)16-22(20(31)4)27-26(23-9-7-8-12-29-23)30-28(34)32(27)24-10-5-6-11-25(24)33/h5-16,26-27,33H,1-4H3,(H,30,34)/t26-,27-/m1/s1. The van der Waals surface area contributed by atoms with Crippen LogP contribution in [0, 0.1) is 27.7 Å². The van der Waals surface area contributed by atoms with Crippen LogP contribution in [0.5, 0.6) is 5.75 Å². The van der Waals surface area contributed by atoms with Crippen LogP contribution in [0.1, 0.15) is 45.9 Å². The van der Waals surface area contributed by atoms with Gasteiger partial charge in [0.15, 0.2) is 5.11 Å². The number of aromatic hydroxyl groups is 1. The summed E-state index contributed by atoms with van der Waals surface area (Å²) in [4.78, 5) is 6.67. The summed E-state index contributed by atoms with van der Waals surface area (Å²) in [5.41, 5.74) is 8.62. The number of phenols is 1. The minimum absolute atomic E-state index is 0.165. The van der Waals surface area contributed by atoms with Crippen LogP contribution in [0.25, 0.3) is 5.69 Å². The lowest BCUT2D eigenvalue weighted by molar-refractivity contribution is 0.472. The molecule has 0 amide bonds. The summed E-state index contributed by atoms with van der Waals surface area (Å²) in [7, 11) is 0. The van der Waals surface area contributed by atoms with Gasteiger partial charge >= 0.3 is 0 Å². The van der Waals surface area contributed by atoms with Crippen molar-refractivity contribution < 1.29 is 5.11 Å². The van der Waals surface area contributed by atoms with Gasteiger partial charge in [-0.3, -0.25) is 4.98 Å². The molecule has 2 aromatic carbocycles. The van der Waals surface area contributed by atoms with E-state index in [9.17, 15) is 5.11 Å². The van der Waals surface area contributed by atoms with Crippen molar-refractivity contribution in [3.63, 3.8) is 0 Å². The molecule has 34 heavy (non-hydrogen) atoms. The number of anilines is 1. The molecule has 4 aromatic rings. The molecule has 1 saturated heterocycles. The average molecular weight is 469 g/mol. The first-order valence-electron chi connectivity index (χ1n) is 11.4. The first-order chi connectivity index (χ1) is 16.3. The maximum absolute atomic E-state index is 10.7. The van der Waals surface area contributed by atoms with Crippen LogP contribution < -0.4 is 10.2 Å². The Morgan fingerprint density at radius 3 is 2.29 bits per heavy atom. The number of nitrogens with one attached hydrogen (secondary N) is 1. The van der Waals surface area contributed by atoms with E-state index in [2.05, 4.69) is 66.8 Å². The maximum Gasteiger partial charge on any atom is 0.174 e. The van der Waals surface area contributed by atoms with Crippen LogP contribution in [-0.4, -0.2) is 19.8 Å². The van der Waals surface area contributed by atoms with E-state index in [1.54, 1.807) is 12.3 Å². The predicted octanol–water partition coefficient (Wildman–Crippen LogP) is 5.99. The molecule has 5 rings (SSSR count). The highest BCUT2D eigenvalue weighted by atomic mass is 32.1. The Kier molecular flexibility index (Phi) is 5.62. The Bertz CT molecular complexity index is 1360. The molecule has 0 radical (unpaired) electrons. The highest BCUT2D eigenvalue weighted by Crippen LogP contribution is 2.45. The lowest BCUT2D eigenvalue weighted by atomic mass is 9.96. The molecule has 0 spiro atoms. The molecule has 0 saturated carbocycles. The molecule has 2 aromatic heterocycles. The molecule has 2 atom stereocenters. The van der Waals surface area contributed by atoms with Gasteiger partial charge in [-0.1, -0.05) is 24.3 Å². The topological polar surface area (TPSA) is 53.3 Å². The van der Waals surface area contributed by atoms with Crippen LogP contribution in [0.2, 0.25) is 0 Å². The first-order valence-corrected chi connectivity index (χ1v) is 11.8. The van der Waals surface area contributed by atoms with Gasteiger partial charge in [-0.25, -0.2) is 0 Å². The van der Waals surface area contributed by atoms with Crippen molar-refractivity contribution in [1.82, 2.24) is 14.9 Å². The van der Waals surface area contributed by atoms with E-state index in [4.69, 9.17) is 12.2 Å². The predicted molar refractivity (Wildman–Crippen MR) is 141 cm³/mol. The Hall–Kier alpha value is -3.64. The second kappa shape index (κ2) is 8.61. The number of thiocarbonyl (C=S) groups is 1. The van der Waals surface area contributed by atoms with Gasteiger partial charge in [-0.2, -0.15) is 0 Å². The summed E-state index contributed by atoms with van der Waals surface area (Å²) in [5, 5.41) is 14.8. The van der Waals surface area contributed by atoms with Crippen LogP contribution in [0.4, 0.5) is 5.69 Å². The van der Waals surface area contributed by atoms with Crippen molar-refractivity contribution in [1.29, 1.82) is 0 Å². The van der Waals surface area contributed by atoms with Crippen molar-refractivity contribution in [2.45, 2.75) is 39.8 Å². The minimum Gasteiger partial charge on any atom is -0.506 e. The molecular formula is C28H28N4OS. The molecule has 1 aliphatic rings. The minimum atomic E-state index is -0.179. The van der Waals surface area contributed by atoms with Crippen LogP contribution in [0.15, 0.2) is 72.9 Å². The number of hydrogen-bond acceptors (Lipinski definition) is 3. The lowest BCUT2D eigenvalue weighted by Gasteiger charge is -2.28. The molecule has 1 aliphatic heterocycles. The number of rotatable bonds is 4. The van der Waals surface area contributed by atoms with Crippen molar-refractivity contribution in [3.05, 3.63) is 107 Å². The summed E-state index contributed by atoms with van der Waals surface area (Å²) >= 11 is 5.82. The van der Waals surface area contributed by atoms with E-state index in [0.717, 1.165) is 28.3 Å². The van der Waals surface area contributed by atoms with Crippen LogP contribution in [-0.2, 0) is 0 Å². The molecular weight excluding hydrogens is 440 g/mol. The number of aromatic nitrogens is 2. The smallest absolute Gasteiger partial charge is 0.174 e. The zero-order valence-corrected chi connectivity index (χ0v) is 20.6. The number of nitrogens with zero attached hydrogens (tertiary/aromatic N) is 3. The summed E-state index contributed by atoms with van der Waals surface area (Å²) in [6, 6.07) is 21.8. The molecule has 1 fully saturated rings. The van der Waals surface area contributed by atoms with Crippen molar-refractivity contribution in [3.8, 4) is 11.4 Å². The van der Waals surface area contributed by atoms with Gasteiger partial charge in [0.1, 0.15) is 5.75 Å². The normalized spacial score (nSPS) is 17.8. The highest BCUT2D eigenvalue weighted by molar-refractivity contribution is 7.80. The Labute approximate surface area is 205 Å². The van der Waals surface area contributed by atoms with Gasteiger partial charge in [0.05, 0.1) is 23.5 Å². The van der Waals surface area contributed by atoms with Crippen LogP contribution >= 0.6 is 12.2 Å². The average Bonchev–Trinajstić information content (AvgIpc) is 3.29. The third kappa shape index (κ3) is 3.74. The van der Waals surface area contributed by atoms with E-state index in [0.29, 0.717) is 10.8 Å². The Balaban J connectivity index is 1.71. The third-order valence-corrected chi connectivity index (χ3v) is 6.81. The third-order valence-electron chi connectivity index (χ3n) is 6.49. The van der Waals surface area contributed by atoms with Gasteiger partial charge in [0.2, 0.25) is 0 Å². The van der Waals surface area contributed by atoms with E-state index in [1.807, 2.05) is 41.3 Å². The number of benzene rings is 2. The van der Waals surface area contributed by atoms with Crippen LogP contribution in [0.3, 0.4) is 0 Å². The molecule has 5 nitrogen and oxygen atoms in total. The molecule has 172 valence electrons. The van der Waals surface area contributed by atoms with E-state index >= 15 is 0 Å². The summed E-state index contributed by atoms with van der Waals surface area (Å²) < 4.78 is 2.30. The fraction of sp³-hybridized carbons (Fsp3) is 0.214.